The lowest BCUT2D eigenvalue weighted by Crippen LogP contribution is -2.45. The monoisotopic (exact) mass is 229 g/mol. The molecular weight excluding hydrogens is 210 g/mol. The van der Waals surface area contributed by atoms with Crippen molar-refractivity contribution in [3.05, 3.63) is 0 Å². The van der Waals surface area contributed by atoms with Gasteiger partial charge in [-0.3, -0.25) is 4.79 Å². The van der Waals surface area contributed by atoms with Crippen molar-refractivity contribution in [1.82, 2.24) is 5.32 Å². The summed E-state index contributed by atoms with van der Waals surface area (Å²) in [4.78, 5) is 11.8. The van der Waals surface area contributed by atoms with E-state index >= 15 is 0 Å². The van der Waals surface area contributed by atoms with Crippen LogP contribution in [0.2, 0.25) is 0 Å². The first-order valence-corrected chi connectivity index (χ1v) is 6.97. The molecule has 86 valence electrons. The number of esters is 1. The average Bonchev–Trinajstić information content (AvgIpc) is 2.88. The largest absolute Gasteiger partial charge is 0.465 e. The Balaban J connectivity index is 1.90. The van der Waals surface area contributed by atoms with E-state index in [9.17, 15) is 4.79 Å². The standard InChI is InChI=1S/C11H19NO2S/c1-2-14-11(13)10(12-9-3-4-9)8-5-6-15-7-8/h8-10,12H,2-7H2,1H3. The lowest BCUT2D eigenvalue weighted by atomic mass is 9.99. The van der Waals surface area contributed by atoms with E-state index in [4.69, 9.17) is 4.74 Å². The number of thioether (sulfide) groups is 1. The summed E-state index contributed by atoms with van der Waals surface area (Å²) < 4.78 is 5.13. The van der Waals surface area contributed by atoms with Crippen LogP contribution in [0.1, 0.15) is 26.2 Å². The Morgan fingerprint density at radius 2 is 2.33 bits per heavy atom. The van der Waals surface area contributed by atoms with Crippen molar-refractivity contribution in [2.24, 2.45) is 5.92 Å². The molecule has 1 saturated carbocycles. The second-order valence-electron chi connectivity index (χ2n) is 4.29. The molecule has 15 heavy (non-hydrogen) atoms. The number of nitrogens with one attached hydrogen (secondary N) is 1. The van der Waals surface area contributed by atoms with E-state index in [0.717, 1.165) is 12.2 Å². The Morgan fingerprint density at radius 3 is 2.87 bits per heavy atom. The van der Waals surface area contributed by atoms with Gasteiger partial charge in [0.15, 0.2) is 0 Å². The van der Waals surface area contributed by atoms with Gasteiger partial charge in [-0.1, -0.05) is 0 Å². The second-order valence-corrected chi connectivity index (χ2v) is 5.44. The molecule has 0 aromatic heterocycles. The van der Waals surface area contributed by atoms with Gasteiger partial charge in [-0.2, -0.15) is 11.8 Å². The molecule has 1 aliphatic heterocycles. The Morgan fingerprint density at radius 1 is 1.53 bits per heavy atom. The number of carbonyl (C=O) groups excluding carboxylic acids is 1. The molecule has 1 saturated heterocycles. The van der Waals surface area contributed by atoms with Gasteiger partial charge in [0.1, 0.15) is 6.04 Å². The fraction of sp³-hybridized carbons (Fsp3) is 0.909. The van der Waals surface area contributed by atoms with Crippen molar-refractivity contribution >= 4 is 17.7 Å². The van der Waals surface area contributed by atoms with Crippen LogP contribution in [0.5, 0.6) is 0 Å². The first-order valence-electron chi connectivity index (χ1n) is 5.81. The van der Waals surface area contributed by atoms with E-state index in [1.807, 2.05) is 18.7 Å². The number of ether oxygens (including phenoxy) is 1. The maximum atomic E-state index is 11.8. The highest BCUT2D eigenvalue weighted by Gasteiger charge is 2.36. The highest BCUT2D eigenvalue weighted by molar-refractivity contribution is 7.99. The third-order valence-corrected chi connectivity index (χ3v) is 4.16. The third kappa shape index (κ3) is 3.11. The molecule has 0 radical (unpaired) electrons. The van der Waals surface area contributed by atoms with Gasteiger partial charge in [0, 0.05) is 6.04 Å². The molecule has 2 rings (SSSR count). The van der Waals surface area contributed by atoms with Gasteiger partial charge >= 0.3 is 5.97 Å². The Bertz CT molecular complexity index is 225. The zero-order valence-corrected chi connectivity index (χ0v) is 10.0. The zero-order chi connectivity index (χ0) is 10.7. The maximum absolute atomic E-state index is 11.8. The summed E-state index contributed by atoms with van der Waals surface area (Å²) in [7, 11) is 0. The molecule has 0 amide bonds. The van der Waals surface area contributed by atoms with Crippen LogP contribution in [-0.2, 0) is 9.53 Å². The van der Waals surface area contributed by atoms with Crippen LogP contribution >= 0.6 is 11.8 Å². The van der Waals surface area contributed by atoms with Gasteiger partial charge in [-0.25, -0.2) is 0 Å². The molecule has 1 heterocycles. The number of carbonyl (C=O) groups is 1. The molecule has 0 aromatic rings. The molecule has 2 aliphatic rings. The van der Waals surface area contributed by atoms with Crippen molar-refractivity contribution in [2.45, 2.75) is 38.3 Å². The first-order chi connectivity index (χ1) is 7.31. The summed E-state index contributed by atoms with van der Waals surface area (Å²) in [5.74, 6) is 2.72. The van der Waals surface area contributed by atoms with Crippen molar-refractivity contribution < 1.29 is 9.53 Å². The summed E-state index contributed by atoms with van der Waals surface area (Å²) >= 11 is 1.95. The zero-order valence-electron chi connectivity index (χ0n) is 9.20. The molecular formula is C11H19NO2S. The Labute approximate surface area is 95.3 Å². The van der Waals surface area contributed by atoms with Crippen molar-refractivity contribution in [2.75, 3.05) is 18.1 Å². The van der Waals surface area contributed by atoms with E-state index in [1.165, 1.54) is 18.6 Å². The lowest BCUT2D eigenvalue weighted by molar-refractivity contribution is -0.147. The summed E-state index contributed by atoms with van der Waals surface area (Å²) in [5, 5.41) is 3.43. The first kappa shape index (κ1) is 11.3. The van der Waals surface area contributed by atoms with Gasteiger partial charge < -0.3 is 10.1 Å². The van der Waals surface area contributed by atoms with Crippen LogP contribution in [-0.4, -0.2) is 36.2 Å². The number of rotatable bonds is 5. The second kappa shape index (κ2) is 5.21. The normalized spacial score (nSPS) is 27.7. The Hall–Kier alpha value is -0.220. The minimum Gasteiger partial charge on any atom is -0.465 e. The van der Waals surface area contributed by atoms with Crippen LogP contribution in [0.4, 0.5) is 0 Å². The lowest BCUT2D eigenvalue weighted by Gasteiger charge is -2.22. The molecule has 0 spiro atoms. The summed E-state index contributed by atoms with van der Waals surface area (Å²) in [6, 6.07) is 0.525. The molecule has 4 heteroatoms. The fourth-order valence-corrected chi connectivity index (χ4v) is 3.25. The van der Waals surface area contributed by atoms with E-state index in [2.05, 4.69) is 5.32 Å². The van der Waals surface area contributed by atoms with Crippen molar-refractivity contribution in [3.8, 4) is 0 Å². The van der Waals surface area contributed by atoms with Gasteiger partial charge in [0.25, 0.3) is 0 Å². The molecule has 2 atom stereocenters. The molecule has 0 bridgehead atoms. The molecule has 2 unspecified atom stereocenters. The minimum atomic E-state index is -0.0487. The molecule has 3 nitrogen and oxygen atoms in total. The smallest absolute Gasteiger partial charge is 0.323 e. The highest BCUT2D eigenvalue weighted by atomic mass is 32.2. The quantitative estimate of drug-likeness (QED) is 0.724. The number of hydrogen-bond acceptors (Lipinski definition) is 4. The van der Waals surface area contributed by atoms with E-state index < -0.39 is 0 Å². The van der Waals surface area contributed by atoms with Crippen LogP contribution in [0.25, 0.3) is 0 Å². The molecule has 0 aromatic carbocycles. The van der Waals surface area contributed by atoms with Crippen LogP contribution in [0.15, 0.2) is 0 Å². The van der Waals surface area contributed by atoms with Crippen LogP contribution in [0, 0.1) is 5.92 Å². The van der Waals surface area contributed by atoms with E-state index in [1.54, 1.807) is 0 Å². The molecule has 2 fully saturated rings. The highest BCUT2D eigenvalue weighted by Crippen LogP contribution is 2.29. The third-order valence-electron chi connectivity index (χ3n) is 2.97. The van der Waals surface area contributed by atoms with E-state index in [0.29, 0.717) is 18.6 Å². The summed E-state index contributed by atoms with van der Waals surface area (Å²) in [6.07, 6.45) is 3.58. The predicted octanol–water partition coefficient (Wildman–Crippen LogP) is 1.42. The molecule has 1 N–H and O–H groups in total. The SMILES string of the molecule is CCOC(=O)C(NC1CC1)C1CCSC1. The van der Waals surface area contributed by atoms with Crippen molar-refractivity contribution in [3.63, 3.8) is 0 Å². The summed E-state index contributed by atoms with van der Waals surface area (Å²) in [6.45, 7) is 2.36. The van der Waals surface area contributed by atoms with Crippen LogP contribution in [0.3, 0.4) is 0 Å². The van der Waals surface area contributed by atoms with E-state index in [-0.39, 0.29) is 12.0 Å². The average molecular weight is 229 g/mol. The summed E-state index contributed by atoms with van der Waals surface area (Å²) in [5.41, 5.74) is 0. The van der Waals surface area contributed by atoms with Crippen molar-refractivity contribution in [1.29, 1.82) is 0 Å². The molecule has 1 aliphatic carbocycles. The van der Waals surface area contributed by atoms with Gasteiger partial charge in [-0.15, -0.1) is 0 Å². The van der Waals surface area contributed by atoms with Gasteiger partial charge in [0.05, 0.1) is 6.61 Å². The topological polar surface area (TPSA) is 38.3 Å². The Kier molecular flexibility index (Phi) is 3.92. The fourth-order valence-electron chi connectivity index (χ4n) is 1.95. The predicted molar refractivity (Wildman–Crippen MR) is 62.0 cm³/mol. The van der Waals surface area contributed by atoms with Gasteiger partial charge in [-0.05, 0) is 43.6 Å². The number of hydrogen-bond donors (Lipinski definition) is 1. The maximum Gasteiger partial charge on any atom is 0.323 e. The van der Waals surface area contributed by atoms with Gasteiger partial charge in [0.2, 0.25) is 0 Å². The minimum absolute atomic E-state index is 0.0445. The van der Waals surface area contributed by atoms with Crippen LogP contribution < -0.4 is 5.32 Å².